The van der Waals surface area contributed by atoms with E-state index in [-0.39, 0.29) is 16.8 Å². The average Bonchev–Trinajstić information content (AvgIpc) is 2.99. The Kier molecular flexibility index (Phi) is 4.86. The van der Waals surface area contributed by atoms with Crippen molar-refractivity contribution in [1.29, 1.82) is 0 Å². The fourth-order valence-corrected chi connectivity index (χ4v) is 4.71. The van der Waals surface area contributed by atoms with Crippen LogP contribution in [0.1, 0.15) is 23.4 Å². The molecule has 1 heterocycles. The molecular formula is C14H16ClNO2S2. The van der Waals surface area contributed by atoms with E-state index < -0.39 is 10.0 Å². The first-order valence-corrected chi connectivity index (χ1v) is 8.99. The van der Waals surface area contributed by atoms with Crippen LogP contribution in [0.2, 0.25) is 0 Å². The van der Waals surface area contributed by atoms with Crippen LogP contribution in [0.4, 0.5) is 0 Å². The molecular weight excluding hydrogens is 314 g/mol. The third kappa shape index (κ3) is 2.91. The van der Waals surface area contributed by atoms with Crippen LogP contribution < -0.4 is 0 Å². The van der Waals surface area contributed by atoms with Crippen molar-refractivity contribution in [2.45, 2.75) is 23.7 Å². The Hall–Kier alpha value is -0.880. The lowest BCUT2D eigenvalue weighted by Gasteiger charge is -2.24. The summed E-state index contributed by atoms with van der Waals surface area (Å²) in [6.07, 6.45) is 0. The number of alkyl halides is 1. The summed E-state index contributed by atoms with van der Waals surface area (Å²) in [6.45, 7) is 1.88. The van der Waals surface area contributed by atoms with Crippen LogP contribution in [0, 0.1) is 0 Å². The molecule has 3 nitrogen and oxygen atoms in total. The lowest BCUT2D eigenvalue weighted by Crippen LogP contribution is -2.30. The smallest absolute Gasteiger partial charge is 0.207 e. The van der Waals surface area contributed by atoms with Crippen LogP contribution in [0.25, 0.3) is 0 Å². The first kappa shape index (κ1) is 15.5. The van der Waals surface area contributed by atoms with Crippen molar-refractivity contribution >= 4 is 33.0 Å². The van der Waals surface area contributed by atoms with Crippen LogP contribution in [0.3, 0.4) is 0 Å². The van der Waals surface area contributed by atoms with Crippen LogP contribution in [-0.2, 0) is 15.9 Å². The summed E-state index contributed by atoms with van der Waals surface area (Å²) in [6, 6.07) is 10.5. The van der Waals surface area contributed by atoms with E-state index in [4.69, 9.17) is 11.6 Å². The molecule has 1 atom stereocenters. The average molecular weight is 330 g/mol. The summed E-state index contributed by atoms with van der Waals surface area (Å²) < 4.78 is 26.8. The highest BCUT2D eigenvalue weighted by molar-refractivity contribution is 7.89. The minimum atomic E-state index is -3.55. The predicted octanol–water partition coefficient (Wildman–Crippen LogP) is 3.87. The van der Waals surface area contributed by atoms with Gasteiger partial charge in [-0.05, 0) is 30.0 Å². The molecule has 108 valence electrons. The van der Waals surface area contributed by atoms with E-state index >= 15 is 0 Å². The summed E-state index contributed by atoms with van der Waals surface area (Å²) in [5, 5.41) is 1.94. The minimum absolute atomic E-state index is 0.177. The zero-order valence-corrected chi connectivity index (χ0v) is 13.7. The molecule has 0 aliphatic heterocycles. The van der Waals surface area contributed by atoms with Gasteiger partial charge in [0.05, 0.1) is 10.9 Å². The summed E-state index contributed by atoms with van der Waals surface area (Å²) in [5.41, 5.74) is 0.624. The first-order valence-electron chi connectivity index (χ1n) is 6.13. The maximum absolute atomic E-state index is 12.7. The molecule has 6 heteroatoms. The Labute approximate surface area is 128 Å². The first-order chi connectivity index (χ1) is 9.48. The highest BCUT2D eigenvalue weighted by Gasteiger charge is 2.28. The predicted molar refractivity (Wildman–Crippen MR) is 83.7 cm³/mol. The molecule has 0 spiro atoms. The zero-order valence-electron chi connectivity index (χ0n) is 11.3. The third-order valence-corrected chi connectivity index (χ3v) is 6.63. The van der Waals surface area contributed by atoms with E-state index in [2.05, 4.69) is 0 Å². The maximum Gasteiger partial charge on any atom is 0.243 e. The van der Waals surface area contributed by atoms with Crippen molar-refractivity contribution in [1.82, 2.24) is 4.31 Å². The van der Waals surface area contributed by atoms with Gasteiger partial charge in [-0.1, -0.05) is 24.3 Å². The van der Waals surface area contributed by atoms with Gasteiger partial charge < -0.3 is 0 Å². The molecule has 0 saturated heterocycles. The Bertz CT molecular complexity index is 668. The van der Waals surface area contributed by atoms with E-state index in [1.54, 1.807) is 42.6 Å². The summed E-state index contributed by atoms with van der Waals surface area (Å²) in [7, 11) is -1.95. The van der Waals surface area contributed by atoms with Gasteiger partial charge in [-0.3, -0.25) is 0 Å². The summed E-state index contributed by atoms with van der Waals surface area (Å²) in [5.74, 6) is 0.177. The van der Waals surface area contributed by atoms with Gasteiger partial charge in [0.15, 0.2) is 0 Å². The quantitative estimate of drug-likeness (QED) is 0.781. The molecule has 0 amide bonds. The fraction of sp³-hybridized carbons (Fsp3) is 0.286. The van der Waals surface area contributed by atoms with Crippen molar-refractivity contribution in [3.8, 4) is 0 Å². The summed E-state index contributed by atoms with van der Waals surface area (Å²) in [4.78, 5) is 1.29. The molecule has 2 aromatic rings. The van der Waals surface area contributed by atoms with Gasteiger partial charge in [-0.15, -0.1) is 22.9 Å². The van der Waals surface area contributed by atoms with Crippen LogP contribution in [-0.4, -0.2) is 19.8 Å². The Morgan fingerprint density at radius 3 is 2.55 bits per heavy atom. The van der Waals surface area contributed by atoms with Gasteiger partial charge in [-0.2, -0.15) is 4.31 Å². The largest absolute Gasteiger partial charge is 0.243 e. The number of rotatable bonds is 5. The summed E-state index contributed by atoms with van der Waals surface area (Å²) >= 11 is 7.39. The van der Waals surface area contributed by atoms with Crippen LogP contribution in [0.15, 0.2) is 46.7 Å². The lowest BCUT2D eigenvalue weighted by molar-refractivity contribution is 0.402. The Morgan fingerprint density at radius 2 is 1.95 bits per heavy atom. The fourth-order valence-electron chi connectivity index (χ4n) is 1.94. The molecule has 0 radical (unpaired) electrons. The highest BCUT2D eigenvalue weighted by Crippen LogP contribution is 2.30. The third-order valence-electron chi connectivity index (χ3n) is 3.27. The number of benzene rings is 1. The van der Waals surface area contributed by atoms with E-state index in [1.165, 1.54) is 4.31 Å². The standard InChI is InChI=1S/C14H16ClNO2S2/c1-11(13-7-5-9-19-13)16(2)20(17,18)14-8-4-3-6-12(14)10-15/h3-9,11H,10H2,1-2H3. The molecule has 1 unspecified atom stereocenters. The monoisotopic (exact) mass is 329 g/mol. The van der Waals surface area contributed by atoms with E-state index in [1.807, 2.05) is 24.4 Å². The lowest BCUT2D eigenvalue weighted by atomic mass is 10.2. The molecule has 0 saturated carbocycles. The van der Waals surface area contributed by atoms with E-state index in [9.17, 15) is 8.42 Å². The number of hydrogen-bond acceptors (Lipinski definition) is 3. The minimum Gasteiger partial charge on any atom is -0.207 e. The highest BCUT2D eigenvalue weighted by atomic mass is 35.5. The van der Waals surface area contributed by atoms with Crippen molar-refractivity contribution < 1.29 is 8.42 Å². The normalized spacial score (nSPS) is 13.6. The molecule has 0 aliphatic carbocycles. The van der Waals surface area contributed by atoms with Gasteiger partial charge in [0, 0.05) is 17.8 Å². The molecule has 1 aromatic carbocycles. The molecule has 0 bridgehead atoms. The molecule has 20 heavy (non-hydrogen) atoms. The second-order valence-corrected chi connectivity index (χ2v) is 7.67. The molecule has 0 N–H and O–H groups in total. The number of halogens is 1. The molecule has 2 rings (SSSR count). The van der Waals surface area contributed by atoms with Gasteiger partial charge in [0.25, 0.3) is 0 Å². The topological polar surface area (TPSA) is 37.4 Å². The molecule has 1 aromatic heterocycles. The Balaban J connectivity index is 2.39. The molecule has 0 fully saturated rings. The van der Waals surface area contributed by atoms with Crippen molar-refractivity contribution in [3.63, 3.8) is 0 Å². The maximum atomic E-state index is 12.7. The van der Waals surface area contributed by atoms with Gasteiger partial charge in [0.1, 0.15) is 0 Å². The van der Waals surface area contributed by atoms with Crippen LogP contribution in [0.5, 0.6) is 0 Å². The number of hydrogen-bond donors (Lipinski definition) is 0. The number of thiophene rings is 1. The van der Waals surface area contributed by atoms with Crippen molar-refractivity contribution in [2.75, 3.05) is 7.05 Å². The van der Waals surface area contributed by atoms with Gasteiger partial charge in [-0.25, -0.2) is 8.42 Å². The van der Waals surface area contributed by atoms with E-state index in [0.717, 1.165) is 4.88 Å². The van der Waals surface area contributed by atoms with Gasteiger partial charge in [0.2, 0.25) is 10.0 Å². The van der Waals surface area contributed by atoms with Gasteiger partial charge >= 0.3 is 0 Å². The van der Waals surface area contributed by atoms with E-state index in [0.29, 0.717) is 5.56 Å². The van der Waals surface area contributed by atoms with Crippen LogP contribution >= 0.6 is 22.9 Å². The molecule has 0 aliphatic rings. The second kappa shape index (κ2) is 6.26. The van der Waals surface area contributed by atoms with Crippen molar-refractivity contribution in [2.24, 2.45) is 0 Å². The van der Waals surface area contributed by atoms with Crippen molar-refractivity contribution in [3.05, 3.63) is 52.2 Å². The number of nitrogens with zero attached hydrogens (tertiary/aromatic N) is 1. The number of sulfonamides is 1. The second-order valence-electron chi connectivity index (χ2n) is 4.45. The zero-order chi connectivity index (χ0) is 14.8. The Morgan fingerprint density at radius 1 is 1.25 bits per heavy atom. The SMILES string of the molecule is CC(c1cccs1)N(C)S(=O)(=O)c1ccccc1CCl.